The third-order valence-corrected chi connectivity index (χ3v) is 3.98. The molecule has 3 rings (SSSR count). The third kappa shape index (κ3) is 4.40. The van der Waals surface area contributed by atoms with E-state index in [9.17, 15) is 9.59 Å². The molecule has 0 saturated carbocycles. The van der Waals surface area contributed by atoms with Crippen molar-refractivity contribution in [1.29, 1.82) is 0 Å². The first kappa shape index (κ1) is 18.4. The van der Waals surface area contributed by atoms with Gasteiger partial charge in [-0.3, -0.25) is 9.59 Å². The number of hydrogen-bond donors (Lipinski definition) is 2. The standard InChI is InChI=1S/C17H20N6O4/c1-2-26-12-5-3-11(4-6-12)23-8-10(7-14(23)24)15(25)27-9-13-20-16(18)22-17(19)21-13/h3-6,10H,2,7-9H2,1H3,(H4,18,19,20,21,22). The first-order chi connectivity index (χ1) is 13.0. The predicted molar refractivity (Wildman–Crippen MR) is 96.5 cm³/mol. The highest BCUT2D eigenvalue weighted by Crippen LogP contribution is 2.27. The molecule has 1 atom stereocenters. The van der Waals surface area contributed by atoms with Gasteiger partial charge in [0.15, 0.2) is 12.4 Å². The van der Waals surface area contributed by atoms with Crippen LogP contribution < -0.4 is 21.1 Å². The molecule has 1 amide bonds. The molecule has 10 heteroatoms. The summed E-state index contributed by atoms with van der Waals surface area (Å²) >= 11 is 0. The predicted octanol–water partition coefficient (Wildman–Crippen LogP) is 0.531. The number of nitrogens with two attached hydrogens (primary N) is 2. The molecule has 4 N–H and O–H groups in total. The molecule has 0 spiro atoms. The summed E-state index contributed by atoms with van der Waals surface area (Å²) in [6.07, 6.45) is 0.0769. The van der Waals surface area contributed by atoms with E-state index in [0.717, 1.165) is 5.75 Å². The maximum absolute atomic E-state index is 12.3. The van der Waals surface area contributed by atoms with Crippen LogP contribution in [0.4, 0.5) is 17.6 Å². The Bertz CT molecular complexity index is 822. The van der Waals surface area contributed by atoms with Crippen LogP contribution in [0.3, 0.4) is 0 Å². The number of esters is 1. The summed E-state index contributed by atoms with van der Waals surface area (Å²) in [4.78, 5) is 37.5. The van der Waals surface area contributed by atoms with Gasteiger partial charge in [0, 0.05) is 18.7 Å². The van der Waals surface area contributed by atoms with Gasteiger partial charge in [0.25, 0.3) is 0 Å². The number of hydrogen-bond acceptors (Lipinski definition) is 9. The van der Waals surface area contributed by atoms with Crippen LogP contribution in [0, 0.1) is 5.92 Å². The largest absolute Gasteiger partial charge is 0.494 e. The van der Waals surface area contributed by atoms with Gasteiger partial charge in [0.1, 0.15) is 5.75 Å². The Balaban J connectivity index is 1.59. The smallest absolute Gasteiger partial charge is 0.311 e. The SMILES string of the molecule is CCOc1ccc(N2CC(C(=O)OCc3nc(N)nc(N)n3)CC2=O)cc1. The Morgan fingerprint density at radius 3 is 2.48 bits per heavy atom. The molecule has 2 aromatic rings. The molecule has 0 aliphatic carbocycles. The van der Waals surface area contributed by atoms with Crippen LogP contribution in [0.15, 0.2) is 24.3 Å². The number of nitrogen functional groups attached to an aromatic ring is 2. The molecule has 1 aliphatic rings. The van der Waals surface area contributed by atoms with Gasteiger partial charge >= 0.3 is 5.97 Å². The number of aromatic nitrogens is 3. The molecular weight excluding hydrogens is 352 g/mol. The van der Waals surface area contributed by atoms with Crippen LogP contribution >= 0.6 is 0 Å². The Morgan fingerprint density at radius 2 is 1.85 bits per heavy atom. The highest BCUT2D eigenvalue weighted by molar-refractivity contribution is 5.99. The van der Waals surface area contributed by atoms with Gasteiger partial charge in [-0.25, -0.2) is 0 Å². The Kier molecular flexibility index (Phi) is 5.34. The fraction of sp³-hybridized carbons (Fsp3) is 0.353. The van der Waals surface area contributed by atoms with Crippen molar-refractivity contribution in [2.75, 3.05) is 29.5 Å². The average molecular weight is 372 g/mol. The zero-order chi connectivity index (χ0) is 19.4. The number of benzene rings is 1. The number of carbonyl (C=O) groups excluding carboxylic acids is 2. The summed E-state index contributed by atoms with van der Waals surface area (Å²) in [6.45, 7) is 2.51. The van der Waals surface area contributed by atoms with Gasteiger partial charge in [-0.2, -0.15) is 15.0 Å². The Morgan fingerprint density at radius 1 is 1.19 bits per heavy atom. The average Bonchev–Trinajstić information content (AvgIpc) is 3.02. The summed E-state index contributed by atoms with van der Waals surface area (Å²) in [7, 11) is 0. The third-order valence-electron chi connectivity index (χ3n) is 3.98. The van der Waals surface area contributed by atoms with Crippen molar-refractivity contribution in [2.24, 2.45) is 5.92 Å². The van der Waals surface area contributed by atoms with Crippen LogP contribution in [0.25, 0.3) is 0 Å². The zero-order valence-corrected chi connectivity index (χ0v) is 14.8. The molecule has 1 aliphatic heterocycles. The molecule has 1 fully saturated rings. The van der Waals surface area contributed by atoms with Crippen LogP contribution in [0.1, 0.15) is 19.2 Å². The lowest BCUT2D eigenvalue weighted by Crippen LogP contribution is -2.26. The summed E-state index contributed by atoms with van der Waals surface area (Å²) < 4.78 is 10.6. The molecule has 0 radical (unpaired) electrons. The highest BCUT2D eigenvalue weighted by Gasteiger charge is 2.36. The van der Waals surface area contributed by atoms with Crippen molar-refractivity contribution in [2.45, 2.75) is 20.0 Å². The minimum absolute atomic E-state index is 0.0498. The van der Waals surface area contributed by atoms with Crippen molar-refractivity contribution in [3.8, 4) is 5.75 Å². The summed E-state index contributed by atoms with van der Waals surface area (Å²) in [6, 6.07) is 7.14. The van der Waals surface area contributed by atoms with E-state index in [2.05, 4.69) is 15.0 Å². The fourth-order valence-electron chi connectivity index (χ4n) is 2.78. The fourth-order valence-corrected chi connectivity index (χ4v) is 2.78. The van der Waals surface area contributed by atoms with Gasteiger partial charge in [-0.15, -0.1) is 0 Å². The summed E-state index contributed by atoms with van der Waals surface area (Å²) in [5.74, 6) is -0.442. The lowest BCUT2D eigenvalue weighted by atomic mass is 10.1. The zero-order valence-electron chi connectivity index (χ0n) is 14.8. The summed E-state index contributed by atoms with van der Waals surface area (Å²) in [5.41, 5.74) is 11.7. The monoisotopic (exact) mass is 372 g/mol. The van der Waals surface area contributed by atoms with Gasteiger partial charge in [0.05, 0.1) is 12.5 Å². The van der Waals surface area contributed by atoms with E-state index >= 15 is 0 Å². The molecule has 2 heterocycles. The highest BCUT2D eigenvalue weighted by atomic mass is 16.5. The molecule has 1 aromatic carbocycles. The normalized spacial score (nSPS) is 16.4. The van der Waals surface area contributed by atoms with Crippen LogP contribution in [0.2, 0.25) is 0 Å². The number of nitrogens with zero attached hydrogens (tertiary/aromatic N) is 4. The number of ether oxygens (including phenoxy) is 2. The second kappa shape index (κ2) is 7.85. The van der Waals surface area contributed by atoms with Crippen molar-refractivity contribution in [3.63, 3.8) is 0 Å². The van der Waals surface area contributed by atoms with Crippen molar-refractivity contribution < 1.29 is 19.1 Å². The molecule has 27 heavy (non-hydrogen) atoms. The van der Waals surface area contributed by atoms with Gasteiger partial charge in [0.2, 0.25) is 17.8 Å². The molecule has 1 unspecified atom stereocenters. The minimum Gasteiger partial charge on any atom is -0.494 e. The lowest BCUT2D eigenvalue weighted by Gasteiger charge is -2.17. The van der Waals surface area contributed by atoms with E-state index in [1.807, 2.05) is 6.92 Å². The molecule has 0 bridgehead atoms. The van der Waals surface area contributed by atoms with E-state index in [4.69, 9.17) is 20.9 Å². The molecule has 1 saturated heterocycles. The number of carbonyl (C=O) groups is 2. The summed E-state index contributed by atoms with van der Waals surface area (Å²) in [5, 5.41) is 0. The molecule has 10 nitrogen and oxygen atoms in total. The van der Waals surface area contributed by atoms with Crippen LogP contribution in [-0.2, 0) is 20.9 Å². The first-order valence-electron chi connectivity index (χ1n) is 8.42. The number of anilines is 3. The van der Waals surface area contributed by atoms with Gasteiger partial charge in [-0.05, 0) is 31.2 Å². The van der Waals surface area contributed by atoms with E-state index < -0.39 is 11.9 Å². The molecule has 1 aromatic heterocycles. The van der Waals surface area contributed by atoms with E-state index in [-0.39, 0.29) is 43.2 Å². The number of amides is 1. The van der Waals surface area contributed by atoms with Crippen molar-refractivity contribution in [3.05, 3.63) is 30.1 Å². The topological polar surface area (TPSA) is 147 Å². The lowest BCUT2D eigenvalue weighted by molar-refractivity contribution is -0.149. The number of rotatable bonds is 6. The molecular formula is C17H20N6O4. The van der Waals surface area contributed by atoms with Gasteiger partial charge in [-0.1, -0.05) is 0 Å². The van der Waals surface area contributed by atoms with E-state index in [1.165, 1.54) is 0 Å². The minimum atomic E-state index is -0.569. The second-order valence-corrected chi connectivity index (χ2v) is 5.91. The van der Waals surface area contributed by atoms with Crippen LogP contribution in [0.5, 0.6) is 5.75 Å². The quantitative estimate of drug-likeness (QED) is 0.693. The van der Waals surface area contributed by atoms with Gasteiger partial charge < -0.3 is 25.8 Å². The first-order valence-corrected chi connectivity index (χ1v) is 8.42. The van der Waals surface area contributed by atoms with E-state index in [1.54, 1.807) is 29.2 Å². The van der Waals surface area contributed by atoms with Crippen molar-refractivity contribution >= 4 is 29.5 Å². The maximum atomic E-state index is 12.3. The second-order valence-electron chi connectivity index (χ2n) is 5.91. The van der Waals surface area contributed by atoms with E-state index in [0.29, 0.717) is 12.3 Å². The van der Waals surface area contributed by atoms with Crippen molar-refractivity contribution in [1.82, 2.24) is 15.0 Å². The maximum Gasteiger partial charge on any atom is 0.311 e. The molecule has 142 valence electrons. The Hall–Kier alpha value is -3.43. The van der Waals surface area contributed by atoms with Crippen LogP contribution in [-0.4, -0.2) is 40.0 Å². The Labute approximate surface area is 155 Å².